The molecule has 0 radical (unpaired) electrons. The number of tetrazole rings is 1. The first kappa shape index (κ1) is 18.5. The highest BCUT2D eigenvalue weighted by atomic mass is 79.9. The number of allylic oxidation sites excluding steroid dienone is 1. The summed E-state index contributed by atoms with van der Waals surface area (Å²) in [5, 5.41) is 14.4. The minimum Gasteiger partial charge on any atom is -0.462 e. The number of benzene rings is 1. The van der Waals surface area contributed by atoms with Crippen molar-refractivity contribution in [1.29, 1.82) is 0 Å². The number of esters is 1. The molecule has 1 aliphatic heterocycles. The molecule has 0 spiro atoms. The van der Waals surface area contributed by atoms with E-state index in [9.17, 15) is 9.18 Å². The molecule has 0 amide bonds. The van der Waals surface area contributed by atoms with Gasteiger partial charge in [0.1, 0.15) is 11.9 Å². The van der Waals surface area contributed by atoms with Crippen molar-refractivity contribution in [2.45, 2.75) is 39.2 Å². The summed E-state index contributed by atoms with van der Waals surface area (Å²) >= 11 is 3.35. The van der Waals surface area contributed by atoms with Crippen molar-refractivity contribution >= 4 is 27.8 Å². The number of rotatable bonds is 6. The zero-order valence-corrected chi connectivity index (χ0v) is 16.1. The summed E-state index contributed by atoms with van der Waals surface area (Å²) in [7, 11) is 0. The van der Waals surface area contributed by atoms with Crippen LogP contribution in [0.4, 0.5) is 10.3 Å². The molecule has 2 aromatic rings. The Morgan fingerprint density at radius 2 is 2.23 bits per heavy atom. The maximum Gasteiger partial charge on any atom is 0.338 e. The zero-order valence-electron chi connectivity index (χ0n) is 14.5. The number of aromatic nitrogens is 4. The summed E-state index contributed by atoms with van der Waals surface area (Å²) in [6.07, 6.45) is 2.79. The molecule has 0 aliphatic carbocycles. The fraction of sp³-hybridized carbons (Fsp3) is 0.412. The Morgan fingerprint density at radius 1 is 1.42 bits per heavy atom. The number of ether oxygens (including phenoxy) is 1. The largest absolute Gasteiger partial charge is 0.462 e. The van der Waals surface area contributed by atoms with Gasteiger partial charge in [-0.25, -0.2) is 9.18 Å². The molecule has 0 saturated carbocycles. The lowest BCUT2D eigenvalue weighted by Crippen LogP contribution is -2.30. The normalized spacial score (nSPS) is 16.2. The van der Waals surface area contributed by atoms with Crippen LogP contribution in [0.15, 0.2) is 33.9 Å². The van der Waals surface area contributed by atoms with Gasteiger partial charge in [-0.2, -0.15) is 4.68 Å². The van der Waals surface area contributed by atoms with E-state index in [0.29, 0.717) is 28.3 Å². The monoisotopic (exact) mass is 423 g/mol. The highest BCUT2D eigenvalue weighted by Gasteiger charge is 2.36. The van der Waals surface area contributed by atoms with Gasteiger partial charge in [-0.1, -0.05) is 40.8 Å². The Labute approximate surface area is 158 Å². The van der Waals surface area contributed by atoms with E-state index in [4.69, 9.17) is 4.74 Å². The Morgan fingerprint density at radius 3 is 3.00 bits per heavy atom. The molecule has 26 heavy (non-hydrogen) atoms. The minimum absolute atomic E-state index is 0.286. The van der Waals surface area contributed by atoms with E-state index in [1.54, 1.807) is 19.1 Å². The van der Waals surface area contributed by atoms with Gasteiger partial charge in [0.05, 0.1) is 12.2 Å². The second kappa shape index (κ2) is 7.94. The lowest BCUT2D eigenvalue weighted by atomic mass is 9.95. The number of hydrogen-bond acceptors (Lipinski definition) is 6. The second-order valence-corrected chi connectivity index (χ2v) is 6.94. The predicted molar refractivity (Wildman–Crippen MR) is 96.9 cm³/mol. The summed E-state index contributed by atoms with van der Waals surface area (Å²) in [6, 6.07) is 3.75. The van der Waals surface area contributed by atoms with Crippen molar-refractivity contribution in [2.24, 2.45) is 0 Å². The molecule has 2 heterocycles. The van der Waals surface area contributed by atoms with Gasteiger partial charge in [-0.3, -0.25) is 0 Å². The summed E-state index contributed by atoms with van der Waals surface area (Å²) < 4.78 is 22.1. The van der Waals surface area contributed by atoms with Gasteiger partial charge in [0.2, 0.25) is 5.95 Å². The predicted octanol–water partition coefficient (Wildman–Crippen LogP) is 3.60. The molecule has 1 aromatic carbocycles. The summed E-state index contributed by atoms with van der Waals surface area (Å²) in [5.74, 6) is -0.614. The molecule has 138 valence electrons. The van der Waals surface area contributed by atoms with Gasteiger partial charge in [-0.05, 0) is 42.0 Å². The van der Waals surface area contributed by atoms with Crippen LogP contribution >= 0.6 is 15.9 Å². The van der Waals surface area contributed by atoms with Gasteiger partial charge >= 0.3 is 5.97 Å². The van der Waals surface area contributed by atoms with Crippen LogP contribution in [-0.4, -0.2) is 32.8 Å². The van der Waals surface area contributed by atoms with Crippen molar-refractivity contribution in [3.8, 4) is 0 Å². The fourth-order valence-electron chi connectivity index (χ4n) is 2.88. The highest BCUT2D eigenvalue weighted by molar-refractivity contribution is 9.10. The number of fused-ring (bicyclic) bond motifs is 1. The average Bonchev–Trinajstić information content (AvgIpc) is 3.07. The average molecular weight is 424 g/mol. The minimum atomic E-state index is -0.808. The third-order valence-electron chi connectivity index (χ3n) is 4.17. The topological polar surface area (TPSA) is 81.9 Å². The standard InChI is InChI=1S/C17H19BrFN5O2/c1-3-4-5-8-26-16(25)14-10(2)20-17-21-22-23-24(17)15(14)12-9-11(18)6-7-13(12)19/h6-7,9,15H,3-5,8H2,1-2H3,(H,20,21,23)/t15-/m1/s1. The SMILES string of the molecule is CCCCCOC(=O)C1=C(C)Nc2nnnn2[C@@H]1c1cc(Br)ccc1F. The van der Waals surface area contributed by atoms with E-state index >= 15 is 0 Å². The van der Waals surface area contributed by atoms with E-state index in [1.165, 1.54) is 10.7 Å². The zero-order chi connectivity index (χ0) is 18.7. The Bertz CT molecular complexity index is 851. The van der Waals surface area contributed by atoms with Crippen LogP contribution in [0.3, 0.4) is 0 Å². The van der Waals surface area contributed by atoms with Crippen LogP contribution < -0.4 is 5.32 Å². The van der Waals surface area contributed by atoms with Crippen LogP contribution in [0.5, 0.6) is 0 Å². The molecule has 0 saturated heterocycles. The van der Waals surface area contributed by atoms with Crippen molar-refractivity contribution in [3.05, 3.63) is 45.3 Å². The molecule has 9 heteroatoms. The molecule has 0 unspecified atom stereocenters. The van der Waals surface area contributed by atoms with Crippen molar-refractivity contribution in [2.75, 3.05) is 11.9 Å². The smallest absolute Gasteiger partial charge is 0.338 e. The number of hydrogen-bond donors (Lipinski definition) is 1. The molecular formula is C17H19BrFN5O2. The number of carbonyl (C=O) groups is 1. The van der Waals surface area contributed by atoms with Crippen LogP contribution in [0, 0.1) is 5.82 Å². The second-order valence-electron chi connectivity index (χ2n) is 6.02. The van der Waals surface area contributed by atoms with Crippen LogP contribution in [0.1, 0.15) is 44.7 Å². The number of unbranched alkanes of at least 4 members (excludes halogenated alkanes) is 2. The molecule has 1 atom stereocenters. The Balaban J connectivity index is 2.00. The quantitative estimate of drug-likeness (QED) is 0.564. The van der Waals surface area contributed by atoms with E-state index in [2.05, 4.69) is 43.7 Å². The lowest BCUT2D eigenvalue weighted by Gasteiger charge is -2.27. The molecule has 1 aliphatic rings. The van der Waals surface area contributed by atoms with E-state index in [-0.39, 0.29) is 5.56 Å². The molecule has 0 bridgehead atoms. The third-order valence-corrected chi connectivity index (χ3v) is 4.66. The van der Waals surface area contributed by atoms with Gasteiger partial charge < -0.3 is 10.1 Å². The van der Waals surface area contributed by atoms with E-state index in [1.807, 2.05) is 0 Å². The van der Waals surface area contributed by atoms with Crippen LogP contribution in [-0.2, 0) is 9.53 Å². The first-order chi connectivity index (χ1) is 12.5. The molecule has 1 N–H and O–H groups in total. The van der Waals surface area contributed by atoms with Gasteiger partial charge in [-0.15, -0.1) is 0 Å². The first-order valence-electron chi connectivity index (χ1n) is 8.40. The molecule has 7 nitrogen and oxygen atoms in total. The maximum atomic E-state index is 14.6. The van der Waals surface area contributed by atoms with E-state index < -0.39 is 17.8 Å². The van der Waals surface area contributed by atoms with Gasteiger partial charge in [0.25, 0.3) is 0 Å². The highest BCUT2D eigenvalue weighted by Crippen LogP contribution is 2.36. The molecular weight excluding hydrogens is 405 g/mol. The van der Waals surface area contributed by atoms with Crippen LogP contribution in [0.25, 0.3) is 0 Å². The van der Waals surface area contributed by atoms with Crippen LogP contribution in [0.2, 0.25) is 0 Å². The summed E-state index contributed by atoms with van der Waals surface area (Å²) in [4.78, 5) is 12.7. The van der Waals surface area contributed by atoms with Crippen molar-refractivity contribution in [1.82, 2.24) is 20.2 Å². The number of nitrogens with zero attached hydrogens (tertiary/aromatic N) is 4. The number of carbonyl (C=O) groups excluding carboxylic acids is 1. The van der Waals surface area contributed by atoms with Crippen molar-refractivity contribution in [3.63, 3.8) is 0 Å². The van der Waals surface area contributed by atoms with Crippen molar-refractivity contribution < 1.29 is 13.9 Å². The summed E-state index contributed by atoms with van der Waals surface area (Å²) in [5.41, 5.74) is 1.12. The number of nitrogens with one attached hydrogen (secondary N) is 1. The Hall–Kier alpha value is -2.29. The Kier molecular flexibility index (Phi) is 5.65. The third kappa shape index (κ3) is 3.62. The van der Waals surface area contributed by atoms with E-state index in [0.717, 1.165) is 19.3 Å². The van der Waals surface area contributed by atoms with Gasteiger partial charge in [0, 0.05) is 15.7 Å². The summed E-state index contributed by atoms with van der Waals surface area (Å²) in [6.45, 7) is 4.12. The maximum absolute atomic E-state index is 14.6. The number of halogens is 2. The number of anilines is 1. The molecule has 1 aromatic heterocycles. The molecule has 3 rings (SSSR count). The van der Waals surface area contributed by atoms with Gasteiger partial charge in [0.15, 0.2) is 0 Å². The fourth-order valence-corrected chi connectivity index (χ4v) is 3.26. The first-order valence-corrected chi connectivity index (χ1v) is 9.20. The molecule has 0 fully saturated rings. The lowest BCUT2D eigenvalue weighted by molar-refractivity contribution is -0.139.